The molecule has 1 aromatic rings. The summed E-state index contributed by atoms with van der Waals surface area (Å²) < 4.78 is 23.7. The van der Waals surface area contributed by atoms with E-state index in [0.29, 0.717) is 17.9 Å². The molecule has 0 aliphatic rings. The third-order valence-electron chi connectivity index (χ3n) is 2.33. The van der Waals surface area contributed by atoms with Crippen molar-refractivity contribution in [1.82, 2.24) is 0 Å². The molecule has 0 heterocycles. The first kappa shape index (κ1) is 12.9. The van der Waals surface area contributed by atoms with E-state index in [0.717, 1.165) is 0 Å². The van der Waals surface area contributed by atoms with Crippen LogP contribution in [0.2, 0.25) is 0 Å². The van der Waals surface area contributed by atoms with E-state index in [1.165, 1.54) is 27.0 Å². The summed E-state index contributed by atoms with van der Waals surface area (Å²) in [6, 6.07) is 2.83. The third kappa shape index (κ3) is 2.71. The molecule has 0 aliphatic carbocycles. The predicted molar refractivity (Wildman–Crippen MR) is 58.9 cm³/mol. The van der Waals surface area contributed by atoms with Gasteiger partial charge in [-0.2, -0.15) is 0 Å². The molecule has 0 aliphatic heterocycles. The van der Waals surface area contributed by atoms with E-state index in [1.807, 2.05) is 0 Å². The molecule has 1 rings (SSSR count). The van der Waals surface area contributed by atoms with Crippen LogP contribution in [0.5, 0.6) is 5.75 Å². The van der Waals surface area contributed by atoms with Crippen LogP contribution < -0.4 is 4.74 Å². The van der Waals surface area contributed by atoms with E-state index in [-0.39, 0.29) is 5.56 Å². The second-order valence-corrected chi connectivity index (χ2v) is 4.14. The maximum atomic E-state index is 13.7. The summed E-state index contributed by atoms with van der Waals surface area (Å²) in [6.07, 6.45) is 0. The van der Waals surface area contributed by atoms with E-state index in [9.17, 15) is 9.50 Å². The van der Waals surface area contributed by atoms with Crippen molar-refractivity contribution in [3.05, 3.63) is 29.1 Å². The lowest BCUT2D eigenvalue weighted by atomic mass is 9.95. The van der Waals surface area contributed by atoms with Crippen molar-refractivity contribution in [2.45, 2.75) is 26.1 Å². The van der Waals surface area contributed by atoms with Gasteiger partial charge >= 0.3 is 0 Å². The molecule has 3 nitrogen and oxygen atoms in total. The van der Waals surface area contributed by atoms with Crippen molar-refractivity contribution in [3.63, 3.8) is 0 Å². The van der Waals surface area contributed by atoms with Crippen molar-refractivity contribution in [2.75, 3.05) is 14.2 Å². The first-order chi connectivity index (χ1) is 7.40. The van der Waals surface area contributed by atoms with Gasteiger partial charge in [-0.15, -0.1) is 0 Å². The summed E-state index contributed by atoms with van der Waals surface area (Å²) in [7, 11) is 3.02. The largest absolute Gasteiger partial charge is 0.496 e. The first-order valence-electron chi connectivity index (χ1n) is 4.98. The molecule has 0 saturated heterocycles. The van der Waals surface area contributed by atoms with Gasteiger partial charge in [-0.1, -0.05) is 0 Å². The molecule has 0 radical (unpaired) electrons. The number of methoxy groups -OCH3 is 2. The molecule has 0 bridgehead atoms. The highest BCUT2D eigenvalue weighted by atomic mass is 19.1. The number of aliphatic hydroxyl groups is 1. The van der Waals surface area contributed by atoms with E-state index in [1.54, 1.807) is 13.2 Å². The van der Waals surface area contributed by atoms with Crippen LogP contribution in [0.1, 0.15) is 25.0 Å². The average molecular weight is 228 g/mol. The molecule has 0 fully saturated rings. The monoisotopic (exact) mass is 228 g/mol. The van der Waals surface area contributed by atoms with Gasteiger partial charge in [0.15, 0.2) is 0 Å². The molecule has 90 valence electrons. The Morgan fingerprint density at radius 3 is 2.38 bits per heavy atom. The molecular weight excluding hydrogens is 211 g/mol. The minimum Gasteiger partial charge on any atom is -0.496 e. The highest BCUT2D eigenvalue weighted by Crippen LogP contribution is 2.29. The van der Waals surface area contributed by atoms with Crippen LogP contribution in [0.25, 0.3) is 0 Å². The Kier molecular flexibility index (Phi) is 3.88. The zero-order valence-corrected chi connectivity index (χ0v) is 10.0. The van der Waals surface area contributed by atoms with Gasteiger partial charge in [-0.3, -0.25) is 0 Å². The number of hydrogen-bond acceptors (Lipinski definition) is 3. The Bertz CT molecular complexity index is 369. The Labute approximate surface area is 94.8 Å². The maximum Gasteiger partial charge on any atom is 0.132 e. The summed E-state index contributed by atoms with van der Waals surface area (Å²) >= 11 is 0. The van der Waals surface area contributed by atoms with Crippen molar-refractivity contribution in [2.24, 2.45) is 0 Å². The fraction of sp³-hybridized carbons (Fsp3) is 0.500. The van der Waals surface area contributed by atoms with Crippen molar-refractivity contribution in [3.8, 4) is 5.75 Å². The standard InChI is InChI=1S/C12H17FO3/c1-12(2,14)9-5-8(7-15-3)11(16-4)6-10(9)13/h5-6,14H,7H2,1-4H3. The summed E-state index contributed by atoms with van der Waals surface area (Å²) in [5, 5.41) is 9.80. The second-order valence-electron chi connectivity index (χ2n) is 4.14. The normalized spacial score (nSPS) is 11.6. The molecule has 1 N–H and O–H groups in total. The van der Waals surface area contributed by atoms with Crippen molar-refractivity contribution < 1.29 is 19.0 Å². The van der Waals surface area contributed by atoms with Gasteiger partial charge in [0.25, 0.3) is 0 Å². The lowest BCUT2D eigenvalue weighted by molar-refractivity contribution is 0.0740. The molecule has 16 heavy (non-hydrogen) atoms. The van der Waals surface area contributed by atoms with E-state index >= 15 is 0 Å². The molecule has 4 heteroatoms. The quantitative estimate of drug-likeness (QED) is 0.858. The van der Waals surface area contributed by atoms with Crippen LogP contribution in [0.4, 0.5) is 4.39 Å². The van der Waals surface area contributed by atoms with Gasteiger partial charge in [0.2, 0.25) is 0 Å². The lowest BCUT2D eigenvalue weighted by Crippen LogP contribution is -2.18. The number of ether oxygens (including phenoxy) is 2. The second kappa shape index (κ2) is 4.80. The van der Waals surface area contributed by atoms with E-state index < -0.39 is 11.4 Å². The molecule has 0 aromatic heterocycles. The zero-order chi connectivity index (χ0) is 12.3. The summed E-state index contributed by atoms with van der Waals surface area (Å²) in [4.78, 5) is 0. The van der Waals surface area contributed by atoms with Crippen LogP contribution in [-0.4, -0.2) is 19.3 Å². The number of rotatable bonds is 4. The summed E-state index contributed by atoms with van der Waals surface area (Å²) in [5.41, 5.74) is -0.275. The Morgan fingerprint density at radius 2 is 1.94 bits per heavy atom. The summed E-state index contributed by atoms with van der Waals surface area (Å²) in [6.45, 7) is 3.38. The van der Waals surface area contributed by atoms with Crippen molar-refractivity contribution >= 4 is 0 Å². The Hall–Kier alpha value is -1.13. The highest BCUT2D eigenvalue weighted by Gasteiger charge is 2.22. The molecular formula is C12H17FO3. The fourth-order valence-electron chi connectivity index (χ4n) is 1.53. The Balaban J connectivity index is 3.27. The van der Waals surface area contributed by atoms with Crippen LogP contribution in [-0.2, 0) is 16.9 Å². The van der Waals surface area contributed by atoms with Crippen LogP contribution in [0.15, 0.2) is 12.1 Å². The molecule has 0 spiro atoms. The van der Waals surface area contributed by atoms with Gasteiger partial charge < -0.3 is 14.6 Å². The van der Waals surface area contributed by atoms with Crippen molar-refractivity contribution in [1.29, 1.82) is 0 Å². The molecule has 0 amide bonds. The summed E-state index contributed by atoms with van der Waals surface area (Å²) in [5.74, 6) is -0.0587. The highest BCUT2D eigenvalue weighted by molar-refractivity contribution is 5.39. The first-order valence-corrected chi connectivity index (χ1v) is 4.98. The third-order valence-corrected chi connectivity index (χ3v) is 2.33. The smallest absolute Gasteiger partial charge is 0.132 e. The maximum absolute atomic E-state index is 13.7. The number of hydrogen-bond donors (Lipinski definition) is 1. The van der Waals surface area contributed by atoms with E-state index in [4.69, 9.17) is 9.47 Å². The molecule has 0 saturated carbocycles. The van der Waals surface area contributed by atoms with Crippen LogP contribution in [0.3, 0.4) is 0 Å². The van der Waals surface area contributed by atoms with Gasteiger partial charge in [-0.05, 0) is 19.9 Å². The topological polar surface area (TPSA) is 38.7 Å². The average Bonchev–Trinajstić information content (AvgIpc) is 2.18. The van der Waals surface area contributed by atoms with Gasteiger partial charge in [0, 0.05) is 24.3 Å². The SMILES string of the molecule is COCc1cc(C(C)(C)O)c(F)cc1OC. The van der Waals surface area contributed by atoms with Gasteiger partial charge in [0.05, 0.1) is 19.3 Å². The molecule has 0 atom stereocenters. The minimum absolute atomic E-state index is 0.236. The van der Waals surface area contributed by atoms with Crippen LogP contribution >= 0.6 is 0 Å². The lowest BCUT2D eigenvalue weighted by Gasteiger charge is -2.20. The Morgan fingerprint density at radius 1 is 1.31 bits per heavy atom. The predicted octanol–water partition coefficient (Wildman–Crippen LogP) is 2.21. The molecule has 1 aromatic carbocycles. The van der Waals surface area contributed by atoms with Gasteiger partial charge in [-0.25, -0.2) is 4.39 Å². The van der Waals surface area contributed by atoms with Gasteiger partial charge in [0.1, 0.15) is 11.6 Å². The fourth-order valence-corrected chi connectivity index (χ4v) is 1.53. The molecule has 0 unspecified atom stereocenters. The van der Waals surface area contributed by atoms with E-state index in [2.05, 4.69) is 0 Å². The minimum atomic E-state index is -1.22. The number of halogens is 1. The zero-order valence-electron chi connectivity index (χ0n) is 10.0. The number of benzene rings is 1. The van der Waals surface area contributed by atoms with Crippen LogP contribution in [0, 0.1) is 5.82 Å².